The number of ether oxygens (including phenoxy) is 1. The van der Waals surface area contributed by atoms with Crippen LogP contribution in [0.3, 0.4) is 0 Å². The lowest BCUT2D eigenvalue weighted by atomic mass is 10.1. The van der Waals surface area contributed by atoms with E-state index < -0.39 is 0 Å². The zero-order valence-corrected chi connectivity index (χ0v) is 15.9. The number of halogens is 1. The molecule has 2 aromatic carbocycles. The minimum absolute atomic E-state index is 0.0263. The van der Waals surface area contributed by atoms with Gasteiger partial charge >= 0.3 is 0 Å². The van der Waals surface area contributed by atoms with Gasteiger partial charge in [0.2, 0.25) is 5.91 Å². The Morgan fingerprint density at radius 2 is 1.85 bits per heavy atom. The topological polar surface area (TPSA) is 32.8 Å². The molecular weight excluding hydrogens is 348 g/mol. The molecule has 0 aliphatic carbocycles. The summed E-state index contributed by atoms with van der Waals surface area (Å²) in [5, 5.41) is 0.740. The number of hydrogen-bond acceptors (Lipinski definition) is 3. The summed E-state index contributed by atoms with van der Waals surface area (Å²) in [7, 11) is 1.63. The van der Waals surface area contributed by atoms with E-state index in [0.29, 0.717) is 13.1 Å². The van der Waals surface area contributed by atoms with Gasteiger partial charge in [-0.1, -0.05) is 35.9 Å². The van der Waals surface area contributed by atoms with Crippen molar-refractivity contribution < 1.29 is 9.53 Å². The third-order valence-corrected chi connectivity index (χ3v) is 4.88. The number of nitrogens with zero attached hydrogens (tertiary/aromatic N) is 2. The zero-order chi connectivity index (χ0) is 18.5. The molecule has 0 aromatic heterocycles. The molecule has 1 heterocycles. The Bertz CT molecular complexity index is 811. The molecule has 0 unspecified atom stereocenters. The maximum Gasteiger partial charge on any atom is 0.246 e. The number of piperazine rings is 1. The van der Waals surface area contributed by atoms with Crippen LogP contribution in [-0.2, 0) is 4.79 Å². The third kappa shape index (κ3) is 4.20. The Morgan fingerprint density at radius 3 is 2.58 bits per heavy atom. The molecule has 0 N–H and O–H groups in total. The molecule has 0 bridgehead atoms. The maximum absolute atomic E-state index is 12.5. The van der Waals surface area contributed by atoms with Crippen LogP contribution in [0.5, 0.6) is 5.75 Å². The molecule has 1 saturated heterocycles. The van der Waals surface area contributed by atoms with E-state index in [4.69, 9.17) is 16.3 Å². The highest BCUT2D eigenvalue weighted by atomic mass is 35.5. The predicted molar refractivity (Wildman–Crippen MR) is 107 cm³/mol. The van der Waals surface area contributed by atoms with Gasteiger partial charge in [-0.15, -0.1) is 0 Å². The van der Waals surface area contributed by atoms with Gasteiger partial charge in [-0.3, -0.25) is 4.79 Å². The molecule has 0 saturated carbocycles. The Balaban J connectivity index is 1.62. The number of carbonyl (C=O) groups excluding carboxylic acids is 1. The highest BCUT2D eigenvalue weighted by molar-refractivity contribution is 6.30. The second-order valence-electron chi connectivity index (χ2n) is 6.32. The molecule has 1 amide bonds. The Kier molecular flexibility index (Phi) is 5.84. The molecular formula is C21H23ClN2O2. The Hall–Kier alpha value is -2.46. The number of benzene rings is 2. The quantitative estimate of drug-likeness (QED) is 0.762. The number of methoxy groups -OCH3 is 1. The minimum Gasteiger partial charge on any atom is -0.496 e. The molecule has 136 valence electrons. The average Bonchev–Trinajstić information content (AvgIpc) is 2.68. The Labute approximate surface area is 159 Å². The monoisotopic (exact) mass is 370 g/mol. The van der Waals surface area contributed by atoms with Gasteiger partial charge in [0.1, 0.15) is 5.75 Å². The van der Waals surface area contributed by atoms with Crippen LogP contribution in [-0.4, -0.2) is 44.1 Å². The van der Waals surface area contributed by atoms with Gasteiger partial charge < -0.3 is 14.5 Å². The molecule has 26 heavy (non-hydrogen) atoms. The van der Waals surface area contributed by atoms with Crippen molar-refractivity contribution in [2.75, 3.05) is 38.2 Å². The van der Waals surface area contributed by atoms with Crippen LogP contribution >= 0.6 is 11.6 Å². The molecule has 1 fully saturated rings. The van der Waals surface area contributed by atoms with E-state index in [2.05, 4.69) is 11.8 Å². The number of hydrogen-bond donors (Lipinski definition) is 0. The van der Waals surface area contributed by atoms with Gasteiger partial charge in [0, 0.05) is 48.5 Å². The van der Waals surface area contributed by atoms with E-state index in [-0.39, 0.29) is 5.91 Å². The summed E-state index contributed by atoms with van der Waals surface area (Å²) in [6.45, 7) is 5.08. The van der Waals surface area contributed by atoms with Crippen molar-refractivity contribution in [2.45, 2.75) is 6.92 Å². The predicted octanol–water partition coefficient (Wildman–Crippen LogP) is 4.02. The van der Waals surface area contributed by atoms with Gasteiger partial charge in [0.05, 0.1) is 7.11 Å². The van der Waals surface area contributed by atoms with Gasteiger partial charge in [0.25, 0.3) is 0 Å². The SMILES string of the molecule is COc1ccccc1/C=C/C(=O)N1CCN(c2cc(Cl)ccc2C)CC1. The average molecular weight is 371 g/mol. The van der Waals surface area contributed by atoms with Crippen molar-refractivity contribution in [3.8, 4) is 5.75 Å². The summed E-state index contributed by atoms with van der Waals surface area (Å²) < 4.78 is 5.31. The van der Waals surface area contributed by atoms with Crippen LogP contribution in [0.1, 0.15) is 11.1 Å². The van der Waals surface area contributed by atoms with Crippen molar-refractivity contribution in [1.82, 2.24) is 4.90 Å². The summed E-state index contributed by atoms with van der Waals surface area (Å²) >= 11 is 6.13. The number of rotatable bonds is 4. The first kappa shape index (κ1) is 18.3. The third-order valence-electron chi connectivity index (χ3n) is 4.65. The second-order valence-corrected chi connectivity index (χ2v) is 6.75. The van der Waals surface area contributed by atoms with Gasteiger partial charge in [-0.2, -0.15) is 0 Å². The van der Waals surface area contributed by atoms with Crippen molar-refractivity contribution in [1.29, 1.82) is 0 Å². The normalized spacial score (nSPS) is 14.7. The molecule has 5 heteroatoms. The number of amides is 1. The summed E-state index contributed by atoms with van der Waals surface area (Å²) in [6, 6.07) is 13.6. The van der Waals surface area contributed by atoms with Crippen molar-refractivity contribution >= 4 is 29.3 Å². The Morgan fingerprint density at radius 1 is 1.12 bits per heavy atom. The number of carbonyl (C=O) groups is 1. The van der Waals surface area contributed by atoms with Crippen LogP contribution in [0.4, 0.5) is 5.69 Å². The molecule has 1 aliphatic rings. The number of para-hydroxylation sites is 1. The van der Waals surface area contributed by atoms with Crippen LogP contribution < -0.4 is 9.64 Å². The molecule has 1 aliphatic heterocycles. The first-order valence-electron chi connectivity index (χ1n) is 8.69. The molecule has 2 aromatic rings. The van der Waals surface area contributed by atoms with Crippen LogP contribution in [0.2, 0.25) is 5.02 Å². The lowest BCUT2D eigenvalue weighted by Gasteiger charge is -2.36. The van der Waals surface area contributed by atoms with Crippen LogP contribution in [0, 0.1) is 6.92 Å². The number of aryl methyl sites for hydroxylation is 1. The van der Waals surface area contributed by atoms with Crippen LogP contribution in [0.15, 0.2) is 48.5 Å². The van der Waals surface area contributed by atoms with Gasteiger partial charge in [0.15, 0.2) is 0 Å². The lowest BCUT2D eigenvalue weighted by Crippen LogP contribution is -2.48. The fraction of sp³-hybridized carbons (Fsp3) is 0.286. The van der Waals surface area contributed by atoms with Gasteiger partial charge in [-0.25, -0.2) is 0 Å². The van der Waals surface area contributed by atoms with Crippen molar-refractivity contribution in [3.05, 3.63) is 64.7 Å². The molecule has 3 rings (SSSR count). The summed E-state index contributed by atoms with van der Waals surface area (Å²) in [5.41, 5.74) is 3.25. The number of anilines is 1. The van der Waals surface area contributed by atoms with Crippen LogP contribution in [0.25, 0.3) is 6.08 Å². The standard InChI is InChI=1S/C21H23ClN2O2/c1-16-7-9-18(22)15-19(16)23-11-13-24(14-12-23)21(25)10-8-17-5-3-4-6-20(17)26-2/h3-10,15H,11-14H2,1-2H3/b10-8+. The highest BCUT2D eigenvalue weighted by Gasteiger charge is 2.21. The second kappa shape index (κ2) is 8.28. The van der Waals surface area contributed by atoms with E-state index in [9.17, 15) is 4.79 Å². The van der Waals surface area contributed by atoms with E-state index in [1.807, 2.05) is 53.4 Å². The van der Waals surface area contributed by atoms with E-state index in [0.717, 1.165) is 35.1 Å². The summed E-state index contributed by atoms with van der Waals surface area (Å²) in [5.74, 6) is 0.788. The zero-order valence-electron chi connectivity index (χ0n) is 15.1. The lowest BCUT2D eigenvalue weighted by molar-refractivity contribution is -0.126. The summed E-state index contributed by atoms with van der Waals surface area (Å²) in [6.07, 6.45) is 3.44. The minimum atomic E-state index is 0.0263. The van der Waals surface area contributed by atoms with E-state index in [1.54, 1.807) is 13.2 Å². The fourth-order valence-corrected chi connectivity index (χ4v) is 3.33. The molecule has 0 spiro atoms. The highest BCUT2D eigenvalue weighted by Crippen LogP contribution is 2.25. The largest absolute Gasteiger partial charge is 0.496 e. The molecule has 0 atom stereocenters. The first-order valence-corrected chi connectivity index (χ1v) is 9.07. The fourth-order valence-electron chi connectivity index (χ4n) is 3.16. The smallest absolute Gasteiger partial charge is 0.246 e. The maximum atomic E-state index is 12.5. The van der Waals surface area contributed by atoms with Gasteiger partial charge in [-0.05, 0) is 36.8 Å². The van der Waals surface area contributed by atoms with Crippen molar-refractivity contribution in [2.24, 2.45) is 0 Å². The first-order chi connectivity index (χ1) is 12.6. The van der Waals surface area contributed by atoms with E-state index in [1.165, 1.54) is 5.56 Å². The summed E-state index contributed by atoms with van der Waals surface area (Å²) in [4.78, 5) is 16.7. The van der Waals surface area contributed by atoms with Crippen molar-refractivity contribution in [3.63, 3.8) is 0 Å². The molecule has 4 nitrogen and oxygen atoms in total. The van der Waals surface area contributed by atoms with E-state index >= 15 is 0 Å². The molecule has 0 radical (unpaired) electrons.